The highest BCUT2D eigenvalue weighted by Crippen LogP contribution is 2.29. The minimum absolute atomic E-state index is 0.117. The molecule has 9 heteroatoms. The van der Waals surface area contributed by atoms with Crippen molar-refractivity contribution in [2.45, 2.75) is 31.5 Å². The first-order chi connectivity index (χ1) is 10.3. The zero-order valence-electron chi connectivity index (χ0n) is 11.7. The van der Waals surface area contributed by atoms with Crippen LogP contribution in [0, 0.1) is 12.3 Å². The SMILES string of the molecule is C#Cc1cn([C@@H]2O[C@H](COC(C)=O)[C@@H](O)[C@H]2O)c(=O)nc1N. The molecule has 2 heterocycles. The van der Waals surface area contributed by atoms with Crippen LogP contribution in [0.2, 0.25) is 0 Å². The number of terminal acetylenes is 1. The Morgan fingerprint density at radius 2 is 2.27 bits per heavy atom. The van der Waals surface area contributed by atoms with Crippen LogP contribution in [0.4, 0.5) is 5.82 Å². The van der Waals surface area contributed by atoms with Gasteiger partial charge in [-0.3, -0.25) is 9.36 Å². The van der Waals surface area contributed by atoms with Gasteiger partial charge >= 0.3 is 11.7 Å². The molecule has 0 saturated carbocycles. The van der Waals surface area contributed by atoms with E-state index in [1.54, 1.807) is 0 Å². The number of carbonyl (C=O) groups excluding carboxylic acids is 1. The Morgan fingerprint density at radius 3 is 2.86 bits per heavy atom. The lowest BCUT2D eigenvalue weighted by Crippen LogP contribution is -2.36. The highest BCUT2D eigenvalue weighted by Gasteiger charge is 2.44. The standard InChI is InChI=1S/C13H15N3O6/c1-3-7-4-16(13(20)15-11(7)14)12-10(19)9(18)8(22-12)5-21-6(2)17/h1,4,8-10,12,18-19H,5H2,2H3,(H2,14,15,20)/t8-,9-,10-,12-/m1/s1. The van der Waals surface area contributed by atoms with E-state index in [2.05, 4.69) is 10.9 Å². The highest BCUT2D eigenvalue weighted by atomic mass is 16.6. The maximum atomic E-state index is 11.9. The average Bonchev–Trinajstić information content (AvgIpc) is 2.73. The van der Waals surface area contributed by atoms with E-state index in [9.17, 15) is 19.8 Å². The number of aromatic nitrogens is 2. The molecule has 4 atom stereocenters. The van der Waals surface area contributed by atoms with E-state index in [4.69, 9.17) is 21.6 Å². The van der Waals surface area contributed by atoms with Crippen LogP contribution >= 0.6 is 0 Å². The van der Waals surface area contributed by atoms with Crippen molar-refractivity contribution < 1.29 is 24.5 Å². The van der Waals surface area contributed by atoms with E-state index >= 15 is 0 Å². The van der Waals surface area contributed by atoms with Gasteiger partial charge in [-0.2, -0.15) is 4.98 Å². The first kappa shape index (κ1) is 16.0. The van der Waals surface area contributed by atoms with Crippen LogP contribution < -0.4 is 11.4 Å². The minimum Gasteiger partial charge on any atom is -0.463 e. The van der Waals surface area contributed by atoms with E-state index in [0.717, 1.165) is 4.57 Å². The quantitative estimate of drug-likeness (QED) is 0.430. The second-order valence-electron chi connectivity index (χ2n) is 4.72. The lowest BCUT2D eigenvalue weighted by molar-refractivity contribution is -0.147. The van der Waals surface area contributed by atoms with Crippen molar-refractivity contribution in [1.29, 1.82) is 0 Å². The number of esters is 1. The molecule has 2 rings (SSSR count). The Kier molecular flexibility index (Phi) is 4.46. The summed E-state index contributed by atoms with van der Waals surface area (Å²) >= 11 is 0. The van der Waals surface area contributed by atoms with E-state index in [1.165, 1.54) is 13.1 Å². The number of rotatable bonds is 3. The molecule has 0 radical (unpaired) electrons. The van der Waals surface area contributed by atoms with Crippen LogP contribution in [-0.2, 0) is 14.3 Å². The molecule has 0 spiro atoms. The molecule has 118 valence electrons. The lowest BCUT2D eigenvalue weighted by atomic mass is 10.1. The maximum absolute atomic E-state index is 11.9. The van der Waals surface area contributed by atoms with Gasteiger partial charge in [0.1, 0.15) is 30.7 Å². The fourth-order valence-electron chi connectivity index (χ4n) is 2.07. The molecule has 22 heavy (non-hydrogen) atoms. The van der Waals surface area contributed by atoms with Gasteiger partial charge in [0.15, 0.2) is 6.23 Å². The van der Waals surface area contributed by atoms with Gasteiger partial charge in [0.25, 0.3) is 0 Å². The molecule has 4 N–H and O–H groups in total. The average molecular weight is 309 g/mol. The number of nitrogen functional groups attached to an aromatic ring is 1. The van der Waals surface area contributed by atoms with E-state index in [1.807, 2.05) is 0 Å². The predicted molar refractivity (Wildman–Crippen MR) is 73.4 cm³/mol. The number of nitrogens with zero attached hydrogens (tertiary/aromatic N) is 2. The van der Waals surface area contributed by atoms with E-state index in [-0.39, 0.29) is 18.0 Å². The molecule has 1 saturated heterocycles. The summed E-state index contributed by atoms with van der Waals surface area (Å²) in [6.07, 6.45) is 1.48. The zero-order valence-corrected chi connectivity index (χ0v) is 11.7. The van der Waals surface area contributed by atoms with Gasteiger partial charge in [-0.15, -0.1) is 6.42 Å². The molecule has 0 bridgehead atoms. The van der Waals surface area contributed by atoms with Crippen LogP contribution in [-0.4, -0.2) is 50.7 Å². The summed E-state index contributed by atoms with van der Waals surface area (Å²) in [5.41, 5.74) is 4.85. The molecule has 0 aliphatic carbocycles. The highest BCUT2D eigenvalue weighted by molar-refractivity contribution is 5.65. The summed E-state index contributed by atoms with van der Waals surface area (Å²) in [7, 11) is 0. The smallest absolute Gasteiger partial charge is 0.351 e. The molecular formula is C13H15N3O6. The Morgan fingerprint density at radius 1 is 1.59 bits per heavy atom. The molecule has 1 aromatic rings. The van der Waals surface area contributed by atoms with Crippen molar-refractivity contribution in [3.05, 3.63) is 22.2 Å². The van der Waals surface area contributed by atoms with Crippen molar-refractivity contribution in [2.75, 3.05) is 12.3 Å². The summed E-state index contributed by atoms with van der Waals surface area (Å²) in [6, 6.07) is 0. The Balaban J connectivity index is 2.28. The number of aliphatic hydroxyl groups excluding tert-OH is 2. The molecular weight excluding hydrogens is 294 g/mol. The zero-order chi connectivity index (χ0) is 16.4. The van der Waals surface area contributed by atoms with E-state index < -0.39 is 36.2 Å². The van der Waals surface area contributed by atoms with Gasteiger partial charge in [-0.25, -0.2) is 4.79 Å². The normalized spacial score (nSPS) is 27.4. The first-order valence-electron chi connectivity index (χ1n) is 6.35. The number of carbonyl (C=O) groups is 1. The van der Waals surface area contributed by atoms with Gasteiger partial charge in [0.2, 0.25) is 0 Å². The second-order valence-corrected chi connectivity index (χ2v) is 4.72. The summed E-state index contributed by atoms with van der Waals surface area (Å²) in [5.74, 6) is 1.57. The van der Waals surface area contributed by atoms with Crippen molar-refractivity contribution in [3.8, 4) is 12.3 Å². The summed E-state index contributed by atoms with van der Waals surface area (Å²) in [6.45, 7) is 0.937. The molecule has 1 fully saturated rings. The number of nitrogens with two attached hydrogens (primary N) is 1. The van der Waals surface area contributed by atoms with Gasteiger partial charge in [-0.05, 0) is 0 Å². The molecule has 9 nitrogen and oxygen atoms in total. The Bertz CT molecular complexity index is 679. The molecule has 0 aromatic carbocycles. The van der Waals surface area contributed by atoms with Crippen molar-refractivity contribution >= 4 is 11.8 Å². The van der Waals surface area contributed by atoms with Crippen molar-refractivity contribution in [1.82, 2.24) is 9.55 Å². The van der Waals surface area contributed by atoms with Crippen LogP contribution in [0.15, 0.2) is 11.0 Å². The van der Waals surface area contributed by atoms with E-state index in [0.29, 0.717) is 0 Å². The second kappa shape index (κ2) is 6.15. The first-order valence-corrected chi connectivity index (χ1v) is 6.35. The maximum Gasteiger partial charge on any atom is 0.351 e. The fraction of sp³-hybridized carbons (Fsp3) is 0.462. The minimum atomic E-state index is -1.42. The third-order valence-corrected chi connectivity index (χ3v) is 3.20. The number of aliphatic hydroxyl groups is 2. The predicted octanol–water partition coefficient (Wildman–Crippen LogP) is -2.01. The van der Waals surface area contributed by atoms with Crippen LogP contribution in [0.5, 0.6) is 0 Å². The van der Waals surface area contributed by atoms with Crippen molar-refractivity contribution in [2.24, 2.45) is 0 Å². The van der Waals surface area contributed by atoms with Crippen LogP contribution in [0.3, 0.4) is 0 Å². The number of anilines is 1. The topological polar surface area (TPSA) is 137 Å². The summed E-state index contributed by atoms with van der Waals surface area (Å²) < 4.78 is 11.0. The summed E-state index contributed by atoms with van der Waals surface area (Å²) in [5, 5.41) is 19.9. The fourth-order valence-corrected chi connectivity index (χ4v) is 2.07. The molecule has 1 aliphatic rings. The molecule has 0 amide bonds. The third-order valence-electron chi connectivity index (χ3n) is 3.20. The third kappa shape index (κ3) is 2.94. The van der Waals surface area contributed by atoms with Crippen LogP contribution in [0.1, 0.15) is 18.7 Å². The van der Waals surface area contributed by atoms with Crippen molar-refractivity contribution in [3.63, 3.8) is 0 Å². The lowest BCUT2D eigenvalue weighted by Gasteiger charge is -2.17. The monoisotopic (exact) mass is 309 g/mol. The molecule has 1 aliphatic heterocycles. The van der Waals surface area contributed by atoms with Gasteiger partial charge in [0, 0.05) is 13.1 Å². The Labute approximate surface area is 125 Å². The van der Waals surface area contributed by atoms with Crippen LogP contribution in [0.25, 0.3) is 0 Å². The largest absolute Gasteiger partial charge is 0.463 e. The van der Waals surface area contributed by atoms with Gasteiger partial charge in [-0.1, -0.05) is 5.92 Å². The number of hydrogen-bond acceptors (Lipinski definition) is 8. The molecule has 1 aromatic heterocycles. The van der Waals surface area contributed by atoms with Gasteiger partial charge in [0.05, 0.1) is 5.56 Å². The number of hydrogen-bond donors (Lipinski definition) is 3. The van der Waals surface area contributed by atoms with Gasteiger partial charge < -0.3 is 25.4 Å². The molecule has 0 unspecified atom stereocenters. The summed E-state index contributed by atoms with van der Waals surface area (Å²) in [4.78, 5) is 26.2. The Hall–Kier alpha value is -2.41. The number of ether oxygens (including phenoxy) is 2.